The van der Waals surface area contributed by atoms with E-state index < -0.39 is 6.36 Å². The first-order valence-electron chi connectivity index (χ1n) is 11.2. The lowest BCUT2D eigenvalue weighted by molar-refractivity contribution is -0.274. The molecular formula is C26H21F3N6OS. The lowest BCUT2D eigenvalue weighted by Gasteiger charge is -2.35. The number of benzene rings is 3. The predicted molar refractivity (Wildman–Crippen MR) is 139 cm³/mol. The molecule has 11 heteroatoms. The van der Waals surface area contributed by atoms with E-state index in [9.17, 15) is 13.2 Å². The highest BCUT2D eigenvalue weighted by Gasteiger charge is 2.31. The Morgan fingerprint density at radius 3 is 2.30 bits per heavy atom. The van der Waals surface area contributed by atoms with E-state index in [4.69, 9.17) is 0 Å². The molecule has 1 fully saturated rings. The van der Waals surface area contributed by atoms with Gasteiger partial charge >= 0.3 is 6.36 Å². The lowest BCUT2D eigenvalue weighted by Crippen LogP contribution is -2.39. The van der Waals surface area contributed by atoms with Crippen LogP contribution in [0.3, 0.4) is 0 Å². The van der Waals surface area contributed by atoms with E-state index in [1.807, 2.05) is 30.3 Å². The lowest BCUT2D eigenvalue weighted by atomic mass is 10.1. The van der Waals surface area contributed by atoms with Crippen molar-refractivity contribution in [1.29, 1.82) is 0 Å². The molecule has 3 aromatic carbocycles. The van der Waals surface area contributed by atoms with Gasteiger partial charge in [-0.25, -0.2) is 9.67 Å². The number of rotatable bonds is 6. The van der Waals surface area contributed by atoms with Crippen LogP contribution in [0, 0.1) is 13.8 Å². The fraction of sp³-hybridized carbons (Fsp3) is 0.154. The summed E-state index contributed by atoms with van der Waals surface area (Å²) >= 11 is 1.65. The number of hydrogen-bond donors (Lipinski definition) is 0. The summed E-state index contributed by atoms with van der Waals surface area (Å²) in [6.07, 6.45) is -1.55. The van der Waals surface area contributed by atoms with Crippen molar-refractivity contribution in [2.45, 2.75) is 20.2 Å². The molecule has 0 aliphatic carbocycles. The van der Waals surface area contributed by atoms with Crippen LogP contribution >= 0.6 is 11.8 Å². The van der Waals surface area contributed by atoms with E-state index in [0.29, 0.717) is 11.5 Å². The number of aryl methyl sites for hydroxylation is 2. The molecule has 0 saturated carbocycles. The molecule has 1 aliphatic rings. The molecule has 188 valence electrons. The summed E-state index contributed by atoms with van der Waals surface area (Å²) in [7, 11) is 0. The van der Waals surface area contributed by atoms with Crippen LogP contribution in [0.5, 0.6) is 5.75 Å². The van der Waals surface area contributed by atoms with E-state index in [1.54, 1.807) is 18.0 Å². The Labute approximate surface area is 215 Å². The summed E-state index contributed by atoms with van der Waals surface area (Å²) in [5, 5.41) is 13.9. The second-order valence-electron chi connectivity index (χ2n) is 8.25. The molecule has 1 aliphatic heterocycles. The normalized spacial score (nSPS) is 14.8. The molecule has 2 heterocycles. The molecule has 0 amide bonds. The van der Waals surface area contributed by atoms with Gasteiger partial charge in [-0.2, -0.15) is 5.10 Å². The molecule has 0 atom stereocenters. The minimum absolute atomic E-state index is 0.298. The average molecular weight is 523 g/mol. The van der Waals surface area contributed by atoms with Gasteiger partial charge in [-0.1, -0.05) is 54.2 Å². The minimum atomic E-state index is -4.73. The first-order valence-corrected chi connectivity index (χ1v) is 12.2. The summed E-state index contributed by atoms with van der Waals surface area (Å²) in [6.45, 7) is 4.18. The number of para-hydroxylation sites is 1. The number of anilines is 1. The van der Waals surface area contributed by atoms with Gasteiger partial charge in [-0.05, 0) is 54.8 Å². The number of halogens is 3. The van der Waals surface area contributed by atoms with Gasteiger partial charge in [-0.3, -0.25) is 0 Å². The first-order chi connectivity index (χ1) is 17.8. The Kier molecular flexibility index (Phi) is 6.70. The largest absolute Gasteiger partial charge is 0.573 e. The second-order valence-corrected chi connectivity index (χ2v) is 9.16. The molecule has 37 heavy (non-hydrogen) atoms. The summed E-state index contributed by atoms with van der Waals surface area (Å²) in [5.41, 5.74) is 5.80. The molecule has 5 rings (SSSR count). The van der Waals surface area contributed by atoms with Crippen LogP contribution in [0.2, 0.25) is 0 Å². The fourth-order valence-electron chi connectivity index (χ4n) is 3.84. The molecule has 0 bridgehead atoms. The molecular weight excluding hydrogens is 501 g/mol. The summed E-state index contributed by atoms with van der Waals surface area (Å²) in [6, 6.07) is 19.2. The third-order valence-electron chi connectivity index (χ3n) is 5.61. The highest BCUT2D eigenvalue weighted by molar-refractivity contribution is 8.16. The van der Waals surface area contributed by atoms with Gasteiger partial charge in [0.15, 0.2) is 11.0 Å². The maximum Gasteiger partial charge on any atom is 0.573 e. The summed E-state index contributed by atoms with van der Waals surface area (Å²) in [4.78, 5) is 6.47. The van der Waals surface area contributed by atoms with Crippen molar-refractivity contribution in [3.05, 3.63) is 89.7 Å². The quantitative estimate of drug-likeness (QED) is 0.218. The van der Waals surface area contributed by atoms with E-state index in [0.717, 1.165) is 22.2 Å². The predicted octanol–water partition coefficient (Wildman–Crippen LogP) is 6.35. The SMILES string of the molecule is Cc1cccc(C)c1N1CS/C1=N\N=C\c1ccc(-c2ncn(-c3ccc(OC(F)(F)F)cc3)n2)cc1. The summed E-state index contributed by atoms with van der Waals surface area (Å²) < 4.78 is 42.4. The number of amidine groups is 1. The molecule has 0 unspecified atom stereocenters. The van der Waals surface area contributed by atoms with Crippen LogP contribution in [-0.2, 0) is 0 Å². The van der Waals surface area contributed by atoms with Crippen LogP contribution in [0.15, 0.2) is 83.3 Å². The molecule has 0 spiro atoms. The standard InChI is InChI=1S/C26H21F3N6OS/c1-17-4-3-5-18(2)23(17)34-16-37-25(34)32-31-14-19-6-8-20(9-7-19)24-30-15-35(33-24)21-10-12-22(13-11-21)36-26(27,28)29/h3-15H,16H2,1-2H3/b31-14+,32-25-. The Morgan fingerprint density at radius 1 is 0.973 bits per heavy atom. The van der Waals surface area contributed by atoms with Crippen LogP contribution in [-0.4, -0.2) is 38.4 Å². The number of thioether (sulfide) groups is 1. The van der Waals surface area contributed by atoms with Crippen molar-refractivity contribution in [3.8, 4) is 22.8 Å². The van der Waals surface area contributed by atoms with E-state index in [-0.39, 0.29) is 5.75 Å². The first kappa shape index (κ1) is 24.6. The van der Waals surface area contributed by atoms with Crippen LogP contribution in [0.25, 0.3) is 17.1 Å². The molecule has 0 radical (unpaired) electrons. The number of alkyl halides is 3. The highest BCUT2D eigenvalue weighted by atomic mass is 32.2. The maximum atomic E-state index is 12.3. The zero-order chi connectivity index (χ0) is 26.0. The Balaban J connectivity index is 1.24. The van der Waals surface area contributed by atoms with Crippen molar-refractivity contribution in [2.24, 2.45) is 10.2 Å². The number of ether oxygens (including phenoxy) is 1. The number of aromatic nitrogens is 3. The zero-order valence-corrected chi connectivity index (χ0v) is 20.7. The number of nitrogens with zero attached hydrogens (tertiary/aromatic N) is 6. The Hall–Kier alpha value is -4.12. The monoisotopic (exact) mass is 522 g/mol. The molecule has 7 nitrogen and oxygen atoms in total. The topological polar surface area (TPSA) is 67.9 Å². The van der Waals surface area contributed by atoms with Crippen molar-refractivity contribution < 1.29 is 17.9 Å². The van der Waals surface area contributed by atoms with Gasteiger partial charge in [0.25, 0.3) is 0 Å². The van der Waals surface area contributed by atoms with Crippen LogP contribution < -0.4 is 9.64 Å². The van der Waals surface area contributed by atoms with Crippen LogP contribution in [0.1, 0.15) is 16.7 Å². The minimum Gasteiger partial charge on any atom is -0.406 e. The van der Waals surface area contributed by atoms with Gasteiger partial charge in [0.1, 0.15) is 12.1 Å². The van der Waals surface area contributed by atoms with Gasteiger partial charge in [0.05, 0.1) is 17.8 Å². The Bertz CT molecular complexity index is 1440. The van der Waals surface area contributed by atoms with Crippen molar-refractivity contribution in [2.75, 3.05) is 10.8 Å². The Morgan fingerprint density at radius 2 is 1.68 bits per heavy atom. The van der Waals surface area contributed by atoms with Crippen molar-refractivity contribution in [3.63, 3.8) is 0 Å². The molecule has 1 aromatic heterocycles. The fourth-order valence-corrected chi connectivity index (χ4v) is 4.54. The zero-order valence-electron chi connectivity index (χ0n) is 19.8. The van der Waals surface area contributed by atoms with Crippen LogP contribution in [0.4, 0.5) is 18.9 Å². The third kappa shape index (κ3) is 5.67. The average Bonchev–Trinajstić information content (AvgIpc) is 3.33. The van der Waals surface area contributed by atoms with Crippen molar-refractivity contribution in [1.82, 2.24) is 14.8 Å². The molecule has 0 N–H and O–H groups in total. The number of hydrogen-bond acceptors (Lipinski definition) is 6. The van der Waals surface area contributed by atoms with E-state index in [1.165, 1.54) is 52.1 Å². The van der Waals surface area contributed by atoms with E-state index >= 15 is 0 Å². The summed E-state index contributed by atoms with van der Waals surface area (Å²) in [5.74, 6) is 1.03. The smallest absolute Gasteiger partial charge is 0.406 e. The van der Waals surface area contributed by atoms with Gasteiger partial charge < -0.3 is 9.64 Å². The van der Waals surface area contributed by atoms with Gasteiger partial charge in [0, 0.05) is 11.3 Å². The van der Waals surface area contributed by atoms with Crippen molar-refractivity contribution >= 4 is 28.8 Å². The second kappa shape index (κ2) is 10.1. The maximum absolute atomic E-state index is 12.3. The van der Waals surface area contributed by atoms with E-state index in [2.05, 4.69) is 55.9 Å². The third-order valence-corrected chi connectivity index (χ3v) is 6.56. The van der Waals surface area contributed by atoms with Gasteiger partial charge in [-0.15, -0.1) is 23.4 Å². The van der Waals surface area contributed by atoms with Gasteiger partial charge in [0.2, 0.25) is 0 Å². The highest BCUT2D eigenvalue weighted by Crippen LogP contribution is 2.34. The molecule has 1 saturated heterocycles. The molecule has 4 aromatic rings.